The summed E-state index contributed by atoms with van der Waals surface area (Å²) in [5.74, 6) is -0.289. The molecule has 3 nitrogen and oxygen atoms in total. The zero-order chi connectivity index (χ0) is 13.7. The fourth-order valence-electron chi connectivity index (χ4n) is 2.05. The Morgan fingerprint density at radius 2 is 2.26 bits per heavy atom. The lowest BCUT2D eigenvalue weighted by Gasteiger charge is -2.11. The number of rotatable bonds is 6. The van der Waals surface area contributed by atoms with Gasteiger partial charge in [0.1, 0.15) is 5.82 Å². The van der Waals surface area contributed by atoms with Gasteiger partial charge in [0, 0.05) is 31.2 Å². The molecule has 1 atom stereocenters. The molecule has 0 aromatic carbocycles. The second-order valence-corrected chi connectivity index (χ2v) is 4.80. The molecule has 0 spiro atoms. The van der Waals surface area contributed by atoms with Crippen LogP contribution >= 0.6 is 0 Å². The molecule has 4 heteroatoms. The van der Waals surface area contributed by atoms with Gasteiger partial charge in [-0.25, -0.2) is 4.39 Å². The molecule has 0 saturated carbocycles. The Morgan fingerprint density at radius 3 is 3.00 bits per heavy atom. The highest BCUT2D eigenvalue weighted by Crippen LogP contribution is 2.14. The molecule has 0 saturated heterocycles. The van der Waals surface area contributed by atoms with Crippen molar-refractivity contribution in [2.24, 2.45) is 0 Å². The van der Waals surface area contributed by atoms with Crippen LogP contribution in [0.15, 0.2) is 36.9 Å². The Bertz CT molecular complexity index is 522. The number of hydrogen-bond acceptors (Lipinski definition) is 2. The monoisotopic (exact) mass is 261 g/mol. The van der Waals surface area contributed by atoms with Crippen molar-refractivity contribution in [1.29, 1.82) is 0 Å². The molecular formula is C15H20FN3. The van der Waals surface area contributed by atoms with E-state index in [2.05, 4.69) is 41.0 Å². The molecule has 1 N–H and O–H groups in total. The summed E-state index contributed by atoms with van der Waals surface area (Å²) in [6.45, 7) is 5.96. The van der Waals surface area contributed by atoms with E-state index in [-0.39, 0.29) is 5.82 Å². The topological polar surface area (TPSA) is 29.9 Å². The van der Waals surface area contributed by atoms with E-state index in [4.69, 9.17) is 0 Å². The maximum absolute atomic E-state index is 13.1. The van der Waals surface area contributed by atoms with Gasteiger partial charge in [0.2, 0.25) is 0 Å². The molecule has 0 radical (unpaired) electrons. The van der Waals surface area contributed by atoms with Crippen LogP contribution in [0.25, 0.3) is 0 Å². The van der Waals surface area contributed by atoms with E-state index in [1.165, 1.54) is 17.8 Å². The molecular weight excluding hydrogens is 241 g/mol. The molecule has 19 heavy (non-hydrogen) atoms. The predicted molar refractivity (Wildman–Crippen MR) is 74.4 cm³/mol. The first-order valence-electron chi connectivity index (χ1n) is 6.67. The third kappa shape index (κ3) is 3.89. The van der Waals surface area contributed by atoms with Crippen LogP contribution in [0.5, 0.6) is 0 Å². The highest BCUT2D eigenvalue weighted by Gasteiger charge is 2.06. The Hall–Kier alpha value is -1.68. The van der Waals surface area contributed by atoms with Crippen molar-refractivity contribution >= 4 is 0 Å². The van der Waals surface area contributed by atoms with Gasteiger partial charge in [-0.05, 0) is 43.1 Å². The normalized spacial score (nSPS) is 12.6. The summed E-state index contributed by atoms with van der Waals surface area (Å²) in [5, 5.41) is 3.45. The third-order valence-corrected chi connectivity index (χ3v) is 3.10. The van der Waals surface area contributed by atoms with Gasteiger partial charge >= 0.3 is 0 Å². The summed E-state index contributed by atoms with van der Waals surface area (Å²) in [7, 11) is 0. The number of halogens is 1. The van der Waals surface area contributed by atoms with Gasteiger partial charge in [-0.2, -0.15) is 0 Å². The minimum Gasteiger partial charge on any atom is -0.350 e. The standard InChI is InChI=1S/C15H20FN3/c1-3-5-18-12(2)14-4-6-19(11-14)10-13-7-15(16)9-17-8-13/h4,6-9,11-12,18H,3,5,10H2,1-2H3. The molecule has 2 aromatic rings. The van der Waals surface area contributed by atoms with Crippen molar-refractivity contribution in [2.75, 3.05) is 6.54 Å². The van der Waals surface area contributed by atoms with Gasteiger partial charge in [-0.15, -0.1) is 0 Å². The van der Waals surface area contributed by atoms with E-state index in [1.54, 1.807) is 6.20 Å². The van der Waals surface area contributed by atoms with Crippen molar-refractivity contribution in [3.8, 4) is 0 Å². The van der Waals surface area contributed by atoms with E-state index in [9.17, 15) is 4.39 Å². The van der Waals surface area contributed by atoms with Crippen molar-refractivity contribution in [3.63, 3.8) is 0 Å². The molecule has 1 unspecified atom stereocenters. The average Bonchev–Trinajstić information content (AvgIpc) is 2.84. The van der Waals surface area contributed by atoms with E-state index in [0.29, 0.717) is 12.6 Å². The molecule has 102 valence electrons. The van der Waals surface area contributed by atoms with E-state index in [0.717, 1.165) is 18.5 Å². The zero-order valence-electron chi connectivity index (χ0n) is 11.4. The first kappa shape index (κ1) is 13.7. The molecule has 2 aromatic heterocycles. The van der Waals surface area contributed by atoms with E-state index >= 15 is 0 Å². The van der Waals surface area contributed by atoms with Crippen molar-refractivity contribution < 1.29 is 4.39 Å². The number of aromatic nitrogens is 2. The van der Waals surface area contributed by atoms with Crippen LogP contribution < -0.4 is 5.32 Å². The first-order valence-corrected chi connectivity index (χ1v) is 6.67. The lowest BCUT2D eigenvalue weighted by molar-refractivity contribution is 0.569. The van der Waals surface area contributed by atoms with Crippen molar-refractivity contribution in [1.82, 2.24) is 14.9 Å². The Morgan fingerprint density at radius 1 is 1.42 bits per heavy atom. The molecule has 0 amide bonds. The number of nitrogens with zero attached hydrogens (tertiary/aromatic N) is 2. The largest absolute Gasteiger partial charge is 0.350 e. The highest BCUT2D eigenvalue weighted by molar-refractivity contribution is 5.17. The summed E-state index contributed by atoms with van der Waals surface area (Å²) < 4.78 is 15.1. The second kappa shape index (κ2) is 6.48. The quantitative estimate of drug-likeness (QED) is 0.865. The first-order chi connectivity index (χ1) is 9.19. The predicted octanol–water partition coefficient (Wildman–Crippen LogP) is 3.13. The highest BCUT2D eigenvalue weighted by atomic mass is 19.1. The van der Waals surface area contributed by atoms with Gasteiger partial charge in [0.05, 0.1) is 6.20 Å². The van der Waals surface area contributed by atoms with Gasteiger partial charge in [0.15, 0.2) is 0 Å². The average molecular weight is 261 g/mol. The maximum atomic E-state index is 13.1. The van der Waals surface area contributed by atoms with Crippen LogP contribution in [0, 0.1) is 5.82 Å². The molecule has 0 aliphatic heterocycles. The van der Waals surface area contributed by atoms with Gasteiger partial charge in [-0.1, -0.05) is 6.92 Å². The Kier molecular flexibility index (Phi) is 4.68. The van der Waals surface area contributed by atoms with Crippen LogP contribution in [0.3, 0.4) is 0 Å². The summed E-state index contributed by atoms with van der Waals surface area (Å²) in [6.07, 6.45) is 8.16. The molecule has 2 heterocycles. The van der Waals surface area contributed by atoms with Crippen LogP contribution in [0.1, 0.15) is 37.4 Å². The molecule has 0 aliphatic carbocycles. The fourth-order valence-corrected chi connectivity index (χ4v) is 2.05. The zero-order valence-corrected chi connectivity index (χ0v) is 11.4. The molecule has 0 bridgehead atoms. The minimum atomic E-state index is -0.289. The van der Waals surface area contributed by atoms with Gasteiger partial charge < -0.3 is 9.88 Å². The van der Waals surface area contributed by atoms with Gasteiger partial charge in [-0.3, -0.25) is 4.98 Å². The maximum Gasteiger partial charge on any atom is 0.141 e. The minimum absolute atomic E-state index is 0.289. The smallest absolute Gasteiger partial charge is 0.141 e. The fraction of sp³-hybridized carbons (Fsp3) is 0.400. The van der Waals surface area contributed by atoms with Crippen LogP contribution in [-0.4, -0.2) is 16.1 Å². The number of nitrogens with one attached hydrogen (secondary N) is 1. The van der Waals surface area contributed by atoms with E-state index in [1.807, 2.05) is 6.20 Å². The number of hydrogen-bond donors (Lipinski definition) is 1. The van der Waals surface area contributed by atoms with Gasteiger partial charge in [0.25, 0.3) is 0 Å². The lowest BCUT2D eigenvalue weighted by Crippen LogP contribution is -2.18. The Balaban J connectivity index is 2.01. The summed E-state index contributed by atoms with van der Waals surface area (Å²) >= 11 is 0. The summed E-state index contributed by atoms with van der Waals surface area (Å²) in [4.78, 5) is 3.86. The van der Waals surface area contributed by atoms with E-state index < -0.39 is 0 Å². The Labute approximate surface area is 113 Å². The molecule has 0 fully saturated rings. The van der Waals surface area contributed by atoms with Crippen LogP contribution in [-0.2, 0) is 6.54 Å². The van der Waals surface area contributed by atoms with Crippen molar-refractivity contribution in [3.05, 3.63) is 53.9 Å². The van der Waals surface area contributed by atoms with Crippen molar-refractivity contribution in [2.45, 2.75) is 32.9 Å². The second-order valence-electron chi connectivity index (χ2n) is 4.80. The SMILES string of the molecule is CCCNC(C)c1ccn(Cc2cncc(F)c2)c1. The summed E-state index contributed by atoms with van der Waals surface area (Å²) in [6, 6.07) is 3.96. The number of pyridine rings is 1. The summed E-state index contributed by atoms with van der Waals surface area (Å²) in [5.41, 5.74) is 2.12. The van der Waals surface area contributed by atoms with Crippen LogP contribution in [0.4, 0.5) is 4.39 Å². The van der Waals surface area contributed by atoms with Crippen LogP contribution in [0.2, 0.25) is 0 Å². The molecule has 2 rings (SSSR count). The lowest BCUT2D eigenvalue weighted by atomic mass is 10.2. The molecule has 0 aliphatic rings. The third-order valence-electron chi connectivity index (χ3n) is 3.10.